The fourth-order valence-corrected chi connectivity index (χ4v) is 9.19. The van der Waals surface area contributed by atoms with Crippen LogP contribution in [0.1, 0.15) is 83.9 Å². The summed E-state index contributed by atoms with van der Waals surface area (Å²) >= 11 is 0. The average molecular weight is 459 g/mol. The monoisotopic (exact) mass is 458 g/mol. The Kier molecular flexibility index (Phi) is 5.96. The zero-order valence-electron chi connectivity index (χ0n) is 20.9. The van der Waals surface area contributed by atoms with E-state index in [1.54, 1.807) is 0 Å². The summed E-state index contributed by atoms with van der Waals surface area (Å²) in [5.74, 6) is 3.63. The Morgan fingerprint density at radius 1 is 1.12 bits per heavy atom. The van der Waals surface area contributed by atoms with E-state index in [9.17, 15) is 9.90 Å². The Bertz CT molecular complexity index is 885. The van der Waals surface area contributed by atoms with Crippen molar-refractivity contribution in [1.29, 1.82) is 0 Å². The molecular formula is C26H42N4O3. The summed E-state index contributed by atoms with van der Waals surface area (Å²) in [6.45, 7) is 7.31. The first-order valence-electron chi connectivity index (χ1n) is 13.2. The van der Waals surface area contributed by atoms with Crippen molar-refractivity contribution >= 4 is 5.78 Å². The third-order valence-electron chi connectivity index (χ3n) is 10.7. The first-order valence-corrected chi connectivity index (χ1v) is 13.2. The number of Topliss-reactive ketones (excluding diaryl/α,β-unsaturated/α-hetero) is 1. The summed E-state index contributed by atoms with van der Waals surface area (Å²) in [5, 5.41) is 23.1. The second-order valence-electron chi connectivity index (χ2n) is 12.3. The van der Waals surface area contributed by atoms with Gasteiger partial charge >= 0.3 is 0 Å². The van der Waals surface area contributed by atoms with Crippen molar-refractivity contribution in [2.24, 2.45) is 40.4 Å². The molecule has 4 fully saturated rings. The topological polar surface area (TPSA) is 90.1 Å². The maximum atomic E-state index is 13.4. The summed E-state index contributed by atoms with van der Waals surface area (Å²) in [6.07, 6.45) is 11.1. The maximum absolute atomic E-state index is 13.4. The minimum absolute atomic E-state index is 0.0866. The molecule has 0 aromatic carbocycles. The number of fused-ring (bicyclic) bond motifs is 5. The summed E-state index contributed by atoms with van der Waals surface area (Å²) in [5.41, 5.74) is -0.133. The number of hydrogen-bond acceptors (Lipinski definition) is 6. The van der Waals surface area contributed by atoms with Crippen LogP contribution in [0, 0.1) is 47.3 Å². The molecule has 184 valence electrons. The lowest BCUT2D eigenvalue weighted by Crippen LogP contribution is -2.57. The van der Waals surface area contributed by atoms with Gasteiger partial charge in [0.15, 0.2) is 11.6 Å². The van der Waals surface area contributed by atoms with Gasteiger partial charge in [0.25, 0.3) is 0 Å². The van der Waals surface area contributed by atoms with E-state index < -0.39 is 5.60 Å². The molecular weight excluding hydrogens is 416 g/mol. The van der Waals surface area contributed by atoms with Crippen molar-refractivity contribution in [1.82, 2.24) is 20.2 Å². The van der Waals surface area contributed by atoms with Crippen LogP contribution < -0.4 is 0 Å². The van der Waals surface area contributed by atoms with Crippen LogP contribution >= 0.6 is 0 Å². The van der Waals surface area contributed by atoms with Crippen molar-refractivity contribution in [2.75, 3.05) is 13.7 Å². The van der Waals surface area contributed by atoms with E-state index in [0.717, 1.165) is 45.1 Å². The summed E-state index contributed by atoms with van der Waals surface area (Å²) in [4.78, 5) is 14.8. The van der Waals surface area contributed by atoms with Crippen molar-refractivity contribution in [3.8, 4) is 0 Å². The number of aliphatic hydroxyl groups is 1. The molecule has 1 N–H and O–H groups in total. The number of tetrazole rings is 1. The fraction of sp³-hybridized carbons (Fsp3) is 0.923. The van der Waals surface area contributed by atoms with E-state index in [1.165, 1.54) is 30.5 Å². The minimum atomic E-state index is -0.518. The number of ether oxygens (including phenoxy) is 1. The summed E-state index contributed by atoms with van der Waals surface area (Å²) < 4.78 is 5.61. The third-order valence-corrected chi connectivity index (χ3v) is 10.7. The molecule has 0 aliphatic heterocycles. The largest absolute Gasteiger partial charge is 0.390 e. The molecule has 4 aliphatic carbocycles. The Labute approximate surface area is 198 Å². The molecule has 7 nitrogen and oxygen atoms in total. The van der Waals surface area contributed by atoms with Gasteiger partial charge in [-0.2, -0.15) is 4.80 Å². The zero-order chi connectivity index (χ0) is 23.4. The standard InChI is InChI=1S/C26H42N4O3/c1-17-27-29-30(28-17)16-23(31)22-8-7-20-19-6-5-18-15-24(2,32)11-12-26(18,13-14-33-4)21(19)9-10-25(20,22)3/h18-22,32H,5-16H2,1-4H3/t18-,19+,20+,21+,22-,24-,25+,26-/m1/s1. The average Bonchev–Trinajstić information content (AvgIpc) is 3.34. The van der Waals surface area contributed by atoms with E-state index in [2.05, 4.69) is 22.3 Å². The van der Waals surface area contributed by atoms with E-state index in [1.807, 2.05) is 21.0 Å². The molecule has 0 bridgehead atoms. The Morgan fingerprint density at radius 3 is 2.67 bits per heavy atom. The number of aryl methyl sites for hydroxylation is 1. The molecule has 0 radical (unpaired) electrons. The number of carbonyl (C=O) groups is 1. The van der Waals surface area contributed by atoms with Crippen LogP contribution in [0.3, 0.4) is 0 Å². The van der Waals surface area contributed by atoms with E-state index >= 15 is 0 Å². The molecule has 8 atom stereocenters. The maximum Gasteiger partial charge on any atom is 0.171 e. The number of nitrogens with zero attached hydrogens (tertiary/aromatic N) is 4. The van der Waals surface area contributed by atoms with Crippen LogP contribution in [0.15, 0.2) is 0 Å². The molecule has 0 amide bonds. The number of aromatic nitrogens is 4. The highest BCUT2D eigenvalue weighted by Gasteiger charge is 2.62. The van der Waals surface area contributed by atoms with Gasteiger partial charge in [-0.3, -0.25) is 4.79 Å². The smallest absolute Gasteiger partial charge is 0.171 e. The quantitative estimate of drug-likeness (QED) is 0.694. The number of rotatable bonds is 6. The second-order valence-corrected chi connectivity index (χ2v) is 12.3. The molecule has 1 aromatic heterocycles. The van der Waals surface area contributed by atoms with Crippen molar-refractivity contribution < 1.29 is 14.6 Å². The first-order chi connectivity index (χ1) is 15.7. The van der Waals surface area contributed by atoms with Gasteiger partial charge in [0.2, 0.25) is 0 Å². The SMILES string of the molecule is COCC[C@]12CC[C@@](C)(O)C[C@H]1CC[C@H]1[C@@H]3CC[C@H](C(=O)Cn4nnc(C)n4)[C@@]3(C)CC[C@@H]12. The third kappa shape index (κ3) is 3.87. The lowest BCUT2D eigenvalue weighted by Gasteiger charge is -2.63. The fourth-order valence-electron chi connectivity index (χ4n) is 9.19. The van der Waals surface area contributed by atoms with Crippen LogP contribution in [0.2, 0.25) is 0 Å². The van der Waals surface area contributed by atoms with Crippen LogP contribution in [0.25, 0.3) is 0 Å². The molecule has 0 saturated heterocycles. The zero-order valence-corrected chi connectivity index (χ0v) is 20.9. The number of ketones is 1. The Morgan fingerprint density at radius 2 is 1.94 bits per heavy atom. The molecule has 4 aliphatic rings. The van der Waals surface area contributed by atoms with Crippen molar-refractivity contribution in [3.05, 3.63) is 5.82 Å². The van der Waals surface area contributed by atoms with Crippen LogP contribution in [-0.2, 0) is 16.1 Å². The Hall–Kier alpha value is -1.34. The molecule has 5 rings (SSSR count). The highest BCUT2D eigenvalue weighted by atomic mass is 16.5. The van der Waals surface area contributed by atoms with Gasteiger partial charge in [0, 0.05) is 19.6 Å². The molecule has 0 unspecified atom stereocenters. The van der Waals surface area contributed by atoms with Gasteiger partial charge < -0.3 is 9.84 Å². The van der Waals surface area contributed by atoms with Crippen LogP contribution in [-0.4, -0.2) is 50.4 Å². The molecule has 1 heterocycles. The van der Waals surface area contributed by atoms with Gasteiger partial charge in [0.1, 0.15) is 6.54 Å². The molecule has 7 heteroatoms. The molecule has 1 aromatic rings. The van der Waals surface area contributed by atoms with Gasteiger partial charge in [-0.15, -0.1) is 10.2 Å². The van der Waals surface area contributed by atoms with Gasteiger partial charge in [-0.05, 0) is 118 Å². The molecule has 4 saturated carbocycles. The van der Waals surface area contributed by atoms with Crippen molar-refractivity contribution in [3.63, 3.8) is 0 Å². The molecule has 0 spiro atoms. The Balaban J connectivity index is 1.37. The highest BCUT2D eigenvalue weighted by Crippen LogP contribution is 2.69. The number of carbonyl (C=O) groups excluding carboxylic acids is 1. The van der Waals surface area contributed by atoms with Crippen LogP contribution in [0.4, 0.5) is 0 Å². The minimum Gasteiger partial charge on any atom is -0.390 e. The van der Waals surface area contributed by atoms with E-state index in [0.29, 0.717) is 34.9 Å². The molecule has 33 heavy (non-hydrogen) atoms. The lowest BCUT2D eigenvalue weighted by molar-refractivity contribution is -0.163. The second kappa shape index (κ2) is 8.40. The number of hydrogen-bond donors (Lipinski definition) is 1. The van der Waals surface area contributed by atoms with Gasteiger partial charge in [-0.25, -0.2) is 0 Å². The van der Waals surface area contributed by atoms with E-state index in [4.69, 9.17) is 4.74 Å². The highest BCUT2D eigenvalue weighted by molar-refractivity contribution is 5.81. The normalized spacial score (nSPS) is 44.7. The van der Waals surface area contributed by atoms with Gasteiger partial charge in [0.05, 0.1) is 5.60 Å². The summed E-state index contributed by atoms with van der Waals surface area (Å²) in [6, 6.07) is 0. The van der Waals surface area contributed by atoms with E-state index in [-0.39, 0.29) is 23.7 Å². The number of methoxy groups -OCH3 is 1. The predicted octanol–water partition coefficient (Wildman–Crippen LogP) is 3.98. The van der Waals surface area contributed by atoms with Crippen LogP contribution in [0.5, 0.6) is 0 Å². The van der Waals surface area contributed by atoms with Crippen molar-refractivity contribution in [2.45, 2.75) is 97.1 Å². The first kappa shape index (κ1) is 23.4. The lowest BCUT2D eigenvalue weighted by atomic mass is 9.42. The summed E-state index contributed by atoms with van der Waals surface area (Å²) in [7, 11) is 1.82. The predicted molar refractivity (Wildman–Crippen MR) is 124 cm³/mol. The van der Waals surface area contributed by atoms with Gasteiger partial charge in [-0.1, -0.05) is 6.92 Å².